The Hall–Kier alpha value is -1.51. The van der Waals surface area contributed by atoms with E-state index in [0.29, 0.717) is 31.6 Å². The number of hydrogen-bond acceptors (Lipinski definition) is 3. The number of benzene rings is 1. The van der Waals surface area contributed by atoms with Gasteiger partial charge in [-0.2, -0.15) is 17.0 Å². The number of amides is 1. The minimum absolute atomic E-state index is 0.0141. The number of likely N-dealkylation sites (tertiary alicyclic amines) is 1. The number of rotatable bonds is 4. The van der Waals surface area contributed by atoms with Gasteiger partial charge in [0.2, 0.25) is 5.91 Å². The zero-order chi connectivity index (χ0) is 18.7. The maximum atomic E-state index is 13.9. The predicted octanol–water partition coefficient (Wildman–Crippen LogP) is 1.98. The molecule has 2 aliphatic heterocycles. The minimum Gasteiger partial charge on any atom is -0.339 e. The standard InChI is InChI=1S/C18H26FN3O3S/c1-15-7-4-5-12-22(15)18(23)14-21-11-6-10-20(26(21,24)25)13-16-8-2-3-9-17(16)19/h2-3,8-9,15H,4-7,10-14H2,1H3/t15-/m1/s1. The summed E-state index contributed by atoms with van der Waals surface area (Å²) in [7, 11) is -3.78. The normalized spacial score (nSPS) is 24.5. The summed E-state index contributed by atoms with van der Waals surface area (Å²) in [6, 6.07) is 6.33. The van der Waals surface area contributed by atoms with Gasteiger partial charge in [-0.3, -0.25) is 4.79 Å². The Morgan fingerprint density at radius 1 is 1.12 bits per heavy atom. The summed E-state index contributed by atoms with van der Waals surface area (Å²) < 4.78 is 42.2. The van der Waals surface area contributed by atoms with Crippen LogP contribution in [0.5, 0.6) is 0 Å². The Kier molecular flexibility index (Phi) is 5.94. The van der Waals surface area contributed by atoms with Crippen LogP contribution in [0.4, 0.5) is 4.39 Å². The van der Waals surface area contributed by atoms with Crippen LogP contribution in [0.15, 0.2) is 24.3 Å². The molecule has 0 bridgehead atoms. The summed E-state index contributed by atoms with van der Waals surface area (Å²) in [5, 5.41) is 0. The Morgan fingerprint density at radius 2 is 1.85 bits per heavy atom. The van der Waals surface area contributed by atoms with Gasteiger partial charge in [0.25, 0.3) is 10.2 Å². The van der Waals surface area contributed by atoms with Crippen molar-refractivity contribution in [1.29, 1.82) is 0 Å². The lowest BCUT2D eigenvalue weighted by Gasteiger charge is -2.38. The fraction of sp³-hybridized carbons (Fsp3) is 0.611. The van der Waals surface area contributed by atoms with Gasteiger partial charge in [0, 0.05) is 37.8 Å². The minimum atomic E-state index is -3.78. The average molecular weight is 383 g/mol. The quantitative estimate of drug-likeness (QED) is 0.799. The number of piperidine rings is 1. The van der Waals surface area contributed by atoms with Crippen LogP contribution in [-0.2, 0) is 21.5 Å². The van der Waals surface area contributed by atoms with Gasteiger partial charge in [-0.25, -0.2) is 4.39 Å². The third-order valence-electron chi connectivity index (χ3n) is 5.21. The molecule has 2 heterocycles. The zero-order valence-electron chi connectivity index (χ0n) is 15.1. The largest absolute Gasteiger partial charge is 0.339 e. The lowest BCUT2D eigenvalue weighted by atomic mass is 10.0. The van der Waals surface area contributed by atoms with Crippen molar-refractivity contribution in [3.8, 4) is 0 Å². The lowest BCUT2D eigenvalue weighted by molar-refractivity contribution is -0.134. The molecule has 0 aliphatic carbocycles. The molecule has 0 N–H and O–H groups in total. The molecule has 1 aromatic carbocycles. The summed E-state index contributed by atoms with van der Waals surface area (Å²) in [4.78, 5) is 14.4. The van der Waals surface area contributed by atoms with Crippen molar-refractivity contribution in [1.82, 2.24) is 13.5 Å². The van der Waals surface area contributed by atoms with Crippen LogP contribution in [0.25, 0.3) is 0 Å². The van der Waals surface area contributed by atoms with E-state index in [-0.39, 0.29) is 25.0 Å². The second-order valence-corrected chi connectivity index (χ2v) is 8.98. The van der Waals surface area contributed by atoms with Crippen LogP contribution in [0, 0.1) is 5.82 Å². The van der Waals surface area contributed by atoms with Crippen molar-refractivity contribution < 1.29 is 17.6 Å². The van der Waals surface area contributed by atoms with Crippen LogP contribution in [-0.4, -0.2) is 60.1 Å². The molecular weight excluding hydrogens is 357 g/mol. The van der Waals surface area contributed by atoms with Crippen LogP contribution < -0.4 is 0 Å². The Labute approximate surface area is 154 Å². The third-order valence-corrected chi connectivity index (χ3v) is 7.14. The van der Waals surface area contributed by atoms with Gasteiger partial charge in [0.05, 0.1) is 6.54 Å². The van der Waals surface area contributed by atoms with Gasteiger partial charge < -0.3 is 4.90 Å². The highest BCUT2D eigenvalue weighted by Crippen LogP contribution is 2.22. The molecule has 144 valence electrons. The maximum Gasteiger partial charge on any atom is 0.282 e. The number of halogens is 1. The first-order valence-electron chi connectivity index (χ1n) is 9.17. The van der Waals surface area contributed by atoms with Gasteiger partial charge in [-0.05, 0) is 38.7 Å². The van der Waals surface area contributed by atoms with Crippen molar-refractivity contribution in [2.24, 2.45) is 0 Å². The van der Waals surface area contributed by atoms with E-state index in [1.54, 1.807) is 23.1 Å². The van der Waals surface area contributed by atoms with E-state index < -0.39 is 16.0 Å². The molecule has 1 amide bonds. The predicted molar refractivity (Wildman–Crippen MR) is 96.9 cm³/mol. The van der Waals surface area contributed by atoms with Crippen LogP contribution in [0.2, 0.25) is 0 Å². The molecule has 2 saturated heterocycles. The van der Waals surface area contributed by atoms with Crippen molar-refractivity contribution >= 4 is 16.1 Å². The molecule has 3 rings (SSSR count). The van der Waals surface area contributed by atoms with Gasteiger partial charge in [-0.15, -0.1) is 0 Å². The Morgan fingerprint density at radius 3 is 2.58 bits per heavy atom. The Balaban J connectivity index is 1.70. The first-order chi connectivity index (χ1) is 12.4. The van der Waals surface area contributed by atoms with E-state index in [4.69, 9.17) is 0 Å². The Bertz CT molecular complexity index is 756. The van der Waals surface area contributed by atoms with Crippen molar-refractivity contribution in [3.05, 3.63) is 35.6 Å². The van der Waals surface area contributed by atoms with Gasteiger partial charge in [0.1, 0.15) is 5.82 Å². The summed E-state index contributed by atoms with van der Waals surface area (Å²) in [5.41, 5.74) is 0.342. The van der Waals surface area contributed by atoms with Crippen LogP contribution >= 0.6 is 0 Å². The molecule has 2 fully saturated rings. The lowest BCUT2D eigenvalue weighted by Crippen LogP contribution is -2.54. The second kappa shape index (κ2) is 8.02. The van der Waals surface area contributed by atoms with E-state index in [2.05, 4.69) is 0 Å². The van der Waals surface area contributed by atoms with E-state index in [9.17, 15) is 17.6 Å². The first kappa shape index (κ1) is 19.3. The smallest absolute Gasteiger partial charge is 0.282 e. The fourth-order valence-corrected chi connectivity index (χ4v) is 5.29. The maximum absolute atomic E-state index is 13.9. The summed E-state index contributed by atoms with van der Waals surface area (Å²) in [6.07, 6.45) is 3.64. The molecule has 1 aromatic rings. The summed E-state index contributed by atoms with van der Waals surface area (Å²) >= 11 is 0. The van der Waals surface area contributed by atoms with Gasteiger partial charge in [-0.1, -0.05) is 18.2 Å². The van der Waals surface area contributed by atoms with Gasteiger partial charge >= 0.3 is 0 Å². The molecule has 0 radical (unpaired) electrons. The number of nitrogens with zero attached hydrogens (tertiary/aromatic N) is 3. The highest BCUT2D eigenvalue weighted by molar-refractivity contribution is 7.86. The van der Waals surface area contributed by atoms with Crippen molar-refractivity contribution in [2.45, 2.75) is 45.2 Å². The molecule has 6 nitrogen and oxygen atoms in total. The van der Waals surface area contributed by atoms with E-state index in [1.165, 1.54) is 14.7 Å². The topological polar surface area (TPSA) is 60.9 Å². The molecule has 26 heavy (non-hydrogen) atoms. The third kappa shape index (κ3) is 4.07. The van der Waals surface area contributed by atoms with E-state index in [0.717, 1.165) is 19.3 Å². The van der Waals surface area contributed by atoms with Crippen molar-refractivity contribution in [3.63, 3.8) is 0 Å². The molecule has 0 saturated carbocycles. The zero-order valence-corrected chi connectivity index (χ0v) is 15.9. The average Bonchev–Trinajstić information content (AvgIpc) is 2.60. The number of hydrogen-bond donors (Lipinski definition) is 0. The highest BCUT2D eigenvalue weighted by atomic mass is 32.2. The van der Waals surface area contributed by atoms with E-state index in [1.807, 2.05) is 6.92 Å². The highest BCUT2D eigenvalue weighted by Gasteiger charge is 2.36. The molecule has 8 heteroatoms. The molecule has 1 atom stereocenters. The van der Waals surface area contributed by atoms with E-state index >= 15 is 0 Å². The SMILES string of the molecule is C[C@@H]1CCCCN1C(=O)CN1CCCN(Cc2ccccc2F)S1(=O)=O. The van der Waals surface area contributed by atoms with Crippen molar-refractivity contribution in [2.75, 3.05) is 26.2 Å². The number of carbonyl (C=O) groups is 1. The van der Waals surface area contributed by atoms with Gasteiger partial charge in [0.15, 0.2) is 0 Å². The molecule has 0 spiro atoms. The monoisotopic (exact) mass is 383 g/mol. The van der Waals surface area contributed by atoms with Crippen LogP contribution in [0.3, 0.4) is 0 Å². The first-order valence-corrected chi connectivity index (χ1v) is 10.6. The van der Waals surface area contributed by atoms with Crippen LogP contribution in [0.1, 0.15) is 38.2 Å². The molecule has 0 unspecified atom stereocenters. The summed E-state index contributed by atoms with van der Waals surface area (Å²) in [5.74, 6) is -0.563. The molecule has 0 aromatic heterocycles. The second-order valence-electron chi connectivity index (χ2n) is 7.05. The molecule has 2 aliphatic rings. The molecular formula is C18H26FN3O3S. The number of carbonyl (C=O) groups excluding carboxylic acids is 1. The fourth-order valence-electron chi connectivity index (χ4n) is 3.67. The summed E-state index contributed by atoms with van der Waals surface area (Å²) in [6.45, 7) is 3.20.